The van der Waals surface area contributed by atoms with Crippen molar-refractivity contribution in [2.45, 2.75) is 13.0 Å². The first kappa shape index (κ1) is 16.7. The minimum Gasteiger partial charge on any atom is -0.367 e. The van der Waals surface area contributed by atoms with Gasteiger partial charge in [0.1, 0.15) is 10.5 Å². The van der Waals surface area contributed by atoms with Crippen LogP contribution < -0.4 is 4.90 Å². The van der Waals surface area contributed by atoms with Gasteiger partial charge in [0.2, 0.25) is 0 Å². The molecule has 130 valence electrons. The summed E-state index contributed by atoms with van der Waals surface area (Å²) in [6.07, 6.45) is 3.39. The van der Waals surface area contributed by atoms with Crippen molar-refractivity contribution in [1.29, 1.82) is 0 Å². The third-order valence-corrected chi connectivity index (χ3v) is 6.06. The Bertz CT molecular complexity index is 878. The molecule has 0 amide bonds. The van der Waals surface area contributed by atoms with E-state index in [0.29, 0.717) is 27.7 Å². The monoisotopic (exact) mass is 376 g/mol. The van der Waals surface area contributed by atoms with Crippen molar-refractivity contribution < 1.29 is 4.39 Å². The predicted molar refractivity (Wildman–Crippen MR) is 101 cm³/mol. The van der Waals surface area contributed by atoms with E-state index in [-0.39, 0.29) is 5.82 Å². The van der Waals surface area contributed by atoms with Gasteiger partial charge in [-0.05, 0) is 25.1 Å². The van der Waals surface area contributed by atoms with Crippen molar-refractivity contribution in [1.82, 2.24) is 14.9 Å². The predicted octanol–water partition coefficient (Wildman–Crippen LogP) is 4.37. The number of benzene rings is 1. The highest BCUT2D eigenvalue weighted by atomic mass is 35.5. The Hall–Kier alpha value is -1.76. The molecule has 0 N–H and O–H groups in total. The summed E-state index contributed by atoms with van der Waals surface area (Å²) >= 11 is 7.82. The highest BCUT2D eigenvalue weighted by molar-refractivity contribution is 7.09. The SMILES string of the molecule is CC(c1nccs1)N1CCN(c2ccc3c(Cl)ccnc3c2F)CC1. The van der Waals surface area contributed by atoms with Crippen LogP contribution in [0.1, 0.15) is 18.0 Å². The number of hydrogen-bond donors (Lipinski definition) is 0. The molecular formula is C18H18ClFN4S. The van der Waals surface area contributed by atoms with Gasteiger partial charge in [0, 0.05) is 49.3 Å². The Kier molecular flexibility index (Phi) is 4.58. The molecule has 4 rings (SSSR count). The number of thiazole rings is 1. The number of hydrogen-bond acceptors (Lipinski definition) is 5. The van der Waals surface area contributed by atoms with Crippen molar-refractivity contribution in [3.8, 4) is 0 Å². The van der Waals surface area contributed by atoms with Gasteiger partial charge in [0.05, 0.1) is 16.8 Å². The van der Waals surface area contributed by atoms with Crippen molar-refractivity contribution in [3.05, 3.63) is 51.8 Å². The van der Waals surface area contributed by atoms with Crippen molar-refractivity contribution >= 4 is 39.5 Å². The van der Waals surface area contributed by atoms with E-state index in [9.17, 15) is 4.39 Å². The standard InChI is InChI=1S/C18H18ClFN4S/c1-12(18-22-6-11-25-18)23-7-9-24(10-8-23)15-3-2-13-14(19)4-5-21-17(13)16(15)20/h2-6,11-12H,7-10H2,1H3. The molecule has 4 nitrogen and oxygen atoms in total. The summed E-state index contributed by atoms with van der Waals surface area (Å²) in [5, 5.41) is 4.31. The lowest BCUT2D eigenvalue weighted by Crippen LogP contribution is -2.47. The second-order valence-electron chi connectivity index (χ2n) is 6.16. The molecule has 3 aromatic rings. The van der Waals surface area contributed by atoms with Crippen molar-refractivity contribution in [2.75, 3.05) is 31.1 Å². The minimum absolute atomic E-state index is 0.290. The maximum atomic E-state index is 14.9. The number of rotatable bonds is 3. The summed E-state index contributed by atoms with van der Waals surface area (Å²) in [4.78, 5) is 13.1. The zero-order chi connectivity index (χ0) is 17.4. The normalized spacial score (nSPS) is 17.2. The van der Waals surface area contributed by atoms with E-state index >= 15 is 0 Å². The smallest absolute Gasteiger partial charge is 0.172 e. The summed E-state index contributed by atoms with van der Waals surface area (Å²) < 4.78 is 14.9. The van der Waals surface area contributed by atoms with Gasteiger partial charge in [-0.25, -0.2) is 9.37 Å². The number of nitrogens with zero attached hydrogens (tertiary/aromatic N) is 4. The van der Waals surface area contributed by atoms with Crippen molar-refractivity contribution in [3.63, 3.8) is 0 Å². The van der Waals surface area contributed by atoms with E-state index in [0.717, 1.165) is 31.2 Å². The van der Waals surface area contributed by atoms with E-state index in [1.54, 1.807) is 23.6 Å². The Morgan fingerprint density at radius 1 is 1.12 bits per heavy atom. The Balaban J connectivity index is 1.53. The fourth-order valence-electron chi connectivity index (χ4n) is 3.33. The van der Waals surface area contributed by atoms with Gasteiger partial charge in [-0.2, -0.15) is 0 Å². The Morgan fingerprint density at radius 3 is 2.64 bits per heavy atom. The summed E-state index contributed by atoms with van der Waals surface area (Å²) in [6.45, 7) is 5.48. The molecule has 3 heterocycles. The molecule has 1 unspecified atom stereocenters. The van der Waals surface area contributed by atoms with Gasteiger partial charge in [0.15, 0.2) is 5.82 Å². The number of halogens is 2. The average molecular weight is 377 g/mol. The van der Waals surface area contributed by atoms with E-state index in [4.69, 9.17) is 11.6 Å². The molecule has 0 spiro atoms. The Labute approximate surface area is 154 Å². The second kappa shape index (κ2) is 6.86. The molecule has 0 radical (unpaired) electrons. The zero-order valence-corrected chi connectivity index (χ0v) is 15.4. The first-order valence-electron chi connectivity index (χ1n) is 8.26. The third kappa shape index (κ3) is 3.10. The zero-order valence-electron chi connectivity index (χ0n) is 13.8. The molecule has 0 aliphatic carbocycles. The molecule has 1 atom stereocenters. The number of pyridine rings is 1. The fourth-order valence-corrected chi connectivity index (χ4v) is 4.27. The van der Waals surface area contributed by atoms with Crippen LogP contribution in [0.15, 0.2) is 36.0 Å². The largest absolute Gasteiger partial charge is 0.367 e. The van der Waals surface area contributed by atoms with E-state index < -0.39 is 0 Å². The van der Waals surface area contributed by atoms with Gasteiger partial charge >= 0.3 is 0 Å². The van der Waals surface area contributed by atoms with Crippen LogP contribution in [-0.2, 0) is 0 Å². The maximum absolute atomic E-state index is 14.9. The van der Waals surface area contributed by atoms with E-state index in [1.165, 1.54) is 0 Å². The van der Waals surface area contributed by atoms with Crippen LogP contribution >= 0.6 is 22.9 Å². The fraction of sp³-hybridized carbons (Fsp3) is 0.333. The van der Waals surface area contributed by atoms with E-state index in [2.05, 4.69) is 26.7 Å². The average Bonchev–Trinajstić information content (AvgIpc) is 3.17. The lowest BCUT2D eigenvalue weighted by molar-refractivity contribution is 0.198. The first-order chi connectivity index (χ1) is 12.1. The highest BCUT2D eigenvalue weighted by Crippen LogP contribution is 2.31. The molecule has 2 aromatic heterocycles. The number of fused-ring (bicyclic) bond motifs is 1. The van der Waals surface area contributed by atoms with Gasteiger partial charge < -0.3 is 4.90 Å². The molecule has 1 aromatic carbocycles. The topological polar surface area (TPSA) is 32.3 Å². The molecule has 0 bridgehead atoms. The molecule has 1 fully saturated rings. The quantitative estimate of drug-likeness (QED) is 0.679. The lowest BCUT2D eigenvalue weighted by Gasteiger charge is -2.38. The molecule has 1 saturated heterocycles. The molecule has 0 saturated carbocycles. The summed E-state index contributed by atoms with van der Waals surface area (Å²) in [6, 6.07) is 5.64. The Morgan fingerprint density at radius 2 is 1.92 bits per heavy atom. The molecule has 7 heteroatoms. The second-order valence-corrected chi connectivity index (χ2v) is 7.49. The van der Waals surface area contributed by atoms with Crippen LogP contribution in [0.5, 0.6) is 0 Å². The van der Waals surface area contributed by atoms with E-state index in [1.807, 2.05) is 23.7 Å². The number of anilines is 1. The first-order valence-corrected chi connectivity index (χ1v) is 9.52. The van der Waals surface area contributed by atoms with Gasteiger partial charge in [0.25, 0.3) is 0 Å². The summed E-state index contributed by atoms with van der Waals surface area (Å²) in [7, 11) is 0. The minimum atomic E-state index is -0.290. The molecule has 1 aliphatic heterocycles. The third-order valence-electron chi connectivity index (χ3n) is 4.79. The van der Waals surface area contributed by atoms with Crippen LogP contribution in [-0.4, -0.2) is 41.0 Å². The number of aromatic nitrogens is 2. The molecule has 1 aliphatic rings. The summed E-state index contributed by atoms with van der Waals surface area (Å²) in [5.74, 6) is -0.290. The van der Waals surface area contributed by atoms with Gasteiger partial charge in [-0.3, -0.25) is 9.88 Å². The summed E-state index contributed by atoms with van der Waals surface area (Å²) in [5.41, 5.74) is 0.937. The van der Waals surface area contributed by atoms with Crippen LogP contribution in [0.4, 0.5) is 10.1 Å². The van der Waals surface area contributed by atoms with Crippen LogP contribution in [0.3, 0.4) is 0 Å². The number of piperazine rings is 1. The molecular weight excluding hydrogens is 359 g/mol. The van der Waals surface area contributed by atoms with Crippen molar-refractivity contribution in [2.24, 2.45) is 0 Å². The maximum Gasteiger partial charge on any atom is 0.172 e. The van der Waals surface area contributed by atoms with Gasteiger partial charge in [-0.15, -0.1) is 11.3 Å². The lowest BCUT2D eigenvalue weighted by atomic mass is 10.1. The highest BCUT2D eigenvalue weighted by Gasteiger charge is 2.25. The molecule has 25 heavy (non-hydrogen) atoms. The van der Waals surface area contributed by atoms with Gasteiger partial charge in [-0.1, -0.05) is 11.6 Å². The van der Waals surface area contributed by atoms with Crippen LogP contribution in [0.2, 0.25) is 5.02 Å². The van der Waals surface area contributed by atoms with Crippen LogP contribution in [0, 0.1) is 5.82 Å². The van der Waals surface area contributed by atoms with Crippen LogP contribution in [0.25, 0.3) is 10.9 Å².